The molecule has 0 aromatic heterocycles. The number of alkyl carbamates (subject to hydrolysis) is 1. The summed E-state index contributed by atoms with van der Waals surface area (Å²) in [4.78, 5) is 35.8. The monoisotopic (exact) mass is 438 g/mol. The van der Waals surface area contributed by atoms with Crippen LogP contribution in [0.3, 0.4) is 0 Å². The van der Waals surface area contributed by atoms with Gasteiger partial charge < -0.3 is 20.1 Å². The highest BCUT2D eigenvalue weighted by Crippen LogP contribution is 2.32. The molecule has 2 amide bonds. The maximum atomic E-state index is 13.2. The van der Waals surface area contributed by atoms with E-state index in [2.05, 4.69) is 15.4 Å². The summed E-state index contributed by atoms with van der Waals surface area (Å²) in [5.74, 6) is -1.71. The Bertz CT molecular complexity index is 903. The Morgan fingerprint density at radius 3 is 2.29 bits per heavy atom. The molecule has 10 heteroatoms. The third-order valence-electron chi connectivity index (χ3n) is 4.17. The number of esters is 1. The van der Waals surface area contributed by atoms with Crippen molar-refractivity contribution in [3.8, 4) is 0 Å². The second-order valence-corrected chi connectivity index (χ2v) is 6.42. The van der Waals surface area contributed by atoms with Crippen LogP contribution in [-0.4, -0.2) is 37.7 Å². The lowest BCUT2D eigenvalue weighted by Gasteiger charge is -2.19. The van der Waals surface area contributed by atoms with Gasteiger partial charge in [-0.3, -0.25) is 4.79 Å². The number of alkyl halides is 3. The number of methoxy groups -OCH3 is 1. The lowest BCUT2D eigenvalue weighted by molar-refractivity contribution is -0.145. The number of carbonyl (C=O) groups is 3. The fraction of sp³-hybridized carbons (Fsp3) is 0.286. The van der Waals surface area contributed by atoms with Crippen LogP contribution >= 0.6 is 0 Å². The van der Waals surface area contributed by atoms with Crippen molar-refractivity contribution in [3.05, 3.63) is 71.3 Å². The zero-order valence-electron chi connectivity index (χ0n) is 16.6. The molecule has 31 heavy (non-hydrogen) atoms. The van der Waals surface area contributed by atoms with Gasteiger partial charge in [0.15, 0.2) is 0 Å². The van der Waals surface area contributed by atoms with Crippen LogP contribution in [0.2, 0.25) is 0 Å². The number of benzene rings is 2. The van der Waals surface area contributed by atoms with Crippen LogP contribution in [0.1, 0.15) is 16.7 Å². The van der Waals surface area contributed by atoms with Crippen molar-refractivity contribution in [3.63, 3.8) is 0 Å². The number of hydrogen-bond acceptors (Lipinski definition) is 5. The number of hydrogen-bond donors (Lipinski definition) is 2. The maximum absolute atomic E-state index is 13.2. The Hall–Kier alpha value is -3.56. The maximum Gasteiger partial charge on any atom is 0.416 e. The van der Waals surface area contributed by atoms with E-state index in [1.54, 1.807) is 30.3 Å². The molecule has 0 aliphatic rings. The van der Waals surface area contributed by atoms with Crippen molar-refractivity contribution in [2.24, 2.45) is 0 Å². The highest BCUT2D eigenvalue weighted by molar-refractivity contribution is 5.87. The summed E-state index contributed by atoms with van der Waals surface area (Å²) < 4.78 is 49.1. The first-order valence-corrected chi connectivity index (χ1v) is 9.17. The summed E-state index contributed by atoms with van der Waals surface area (Å²) in [6, 6.07) is 12.2. The molecule has 166 valence electrons. The van der Waals surface area contributed by atoms with Crippen LogP contribution in [0, 0.1) is 0 Å². The Balaban J connectivity index is 1.93. The van der Waals surface area contributed by atoms with E-state index in [0.717, 1.165) is 18.7 Å². The van der Waals surface area contributed by atoms with Crippen molar-refractivity contribution >= 4 is 18.0 Å². The highest BCUT2D eigenvalue weighted by atomic mass is 19.4. The fourth-order valence-corrected chi connectivity index (χ4v) is 2.70. The lowest BCUT2D eigenvalue weighted by Crippen LogP contribution is -2.47. The molecule has 0 spiro atoms. The molecule has 0 saturated heterocycles. The molecule has 2 aromatic carbocycles. The highest BCUT2D eigenvalue weighted by Gasteiger charge is 2.34. The van der Waals surface area contributed by atoms with Crippen LogP contribution < -0.4 is 10.6 Å². The summed E-state index contributed by atoms with van der Waals surface area (Å²) in [7, 11) is 1.05. The average molecular weight is 438 g/mol. The zero-order chi connectivity index (χ0) is 22.9. The predicted octanol–water partition coefficient (Wildman–Crippen LogP) is 2.83. The molecule has 7 nitrogen and oxygen atoms in total. The number of carbonyl (C=O) groups excluding carboxylic acids is 3. The number of amides is 2. The van der Waals surface area contributed by atoms with Gasteiger partial charge in [-0.15, -0.1) is 0 Å². The molecule has 0 fully saturated rings. The van der Waals surface area contributed by atoms with E-state index in [1.807, 2.05) is 0 Å². The number of rotatable bonds is 8. The van der Waals surface area contributed by atoms with Crippen LogP contribution in [-0.2, 0) is 38.3 Å². The van der Waals surface area contributed by atoms with E-state index >= 15 is 0 Å². The van der Waals surface area contributed by atoms with Gasteiger partial charge in [-0.25, -0.2) is 9.59 Å². The minimum atomic E-state index is -4.62. The number of nitrogens with one attached hydrogen (secondary N) is 2. The van der Waals surface area contributed by atoms with Gasteiger partial charge in [-0.2, -0.15) is 13.2 Å². The van der Waals surface area contributed by atoms with E-state index in [1.165, 1.54) is 18.2 Å². The molecular formula is C21H21F3N2O5. The van der Waals surface area contributed by atoms with Gasteiger partial charge in [0.1, 0.15) is 19.2 Å². The summed E-state index contributed by atoms with van der Waals surface area (Å²) in [6.45, 7) is -0.546. The van der Waals surface area contributed by atoms with Crippen LogP contribution in [0.15, 0.2) is 54.6 Å². The van der Waals surface area contributed by atoms with E-state index in [9.17, 15) is 27.6 Å². The third kappa shape index (κ3) is 7.65. The number of halogens is 3. The third-order valence-corrected chi connectivity index (χ3v) is 4.17. The average Bonchev–Trinajstić information content (AvgIpc) is 2.75. The molecule has 2 rings (SSSR count). The Morgan fingerprint density at radius 2 is 1.65 bits per heavy atom. The lowest BCUT2D eigenvalue weighted by atomic mass is 9.99. The van der Waals surface area contributed by atoms with Crippen LogP contribution in [0.4, 0.5) is 18.0 Å². The molecule has 2 aromatic rings. The second-order valence-electron chi connectivity index (χ2n) is 6.42. The van der Waals surface area contributed by atoms with Crippen LogP contribution in [0.25, 0.3) is 0 Å². The molecular weight excluding hydrogens is 417 g/mol. The molecule has 0 saturated carbocycles. The normalized spacial score (nSPS) is 11.9. The van der Waals surface area contributed by atoms with Gasteiger partial charge >= 0.3 is 18.2 Å². The minimum Gasteiger partial charge on any atom is -0.467 e. The molecule has 0 bridgehead atoms. The van der Waals surface area contributed by atoms with E-state index < -0.39 is 48.7 Å². The largest absolute Gasteiger partial charge is 0.467 e. The first-order chi connectivity index (χ1) is 14.7. The van der Waals surface area contributed by atoms with Crippen molar-refractivity contribution in [2.45, 2.75) is 25.2 Å². The van der Waals surface area contributed by atoms with Gasteiger partial charge in [0.2, 0.25) is 5.91 Å². The van der Waals surface area contributed by atoms with Gasteiger partial charge in [0.05, 0.1) is 12.7 Å². The van der Waals surface area contributed by atoms with Crippen molar-refractivity contribution in [2.75, 3.05) is 13.7 Å². The second kappa shape index (κ2) is 11.0. The summed E-state index contributed by atoms with van der Waals surface area (Å²) in [5.41, 5.74) is -0.349. The molecule has 2 N–H and O–H groups in total. The quantitative estimate of drug-likeness (QED) is 0.619. The fourth-order valence-electron chi connectivity index (χ4n) is 2.70. The summed E-state index contributed by atoms with van der Waals surface area (Å²) in [5, 5.41) is 4.48. The smallest absolute Gasteiger partial charge is 0.416 e. The van der Waals surface area contributed by atoms with Crippen molar-refractivity contribution < 1.29 is 37.0 Å². The predicted molar refractivity (Wildman–Crippen MR) is 104 cm³/mol. The first-order valence-electron chi connectivity index (χ1n) is 9.17. The summed E-state index contributed by atoms with van der Waals surface area (Å²) in [6.07, 6.45) is -5.92. The van der Waals surface area contributed by atoms with E-state index in [4.69, 9.17) is 4.74 Å². The Labute approximate surface area is 176 Å². The van der Waals surface area contributed by atoms with E-state index in [-0.39, 0.29) is 12.2 Å². The molecule has 0 unspecified atom stereocenters. The topological polar surface area (TPSA) is 93.7 Å². The van der Waals surface area contributed by atoms with Crippen LogP contribution in [0.5, 0.6) is 0 Å². The van der Waals surface area contributed by atoms with Gasteiger partial charge in [0, 0.05) is 6.42 Å². The standard InChI is InChI=1S/C21H21F3N2O5/c1-30-19(28)17(11-15-9-5-6-10-16(15)21(22,23)24)26-18(27)12-25-20(29)31-13-14-7-3-2-4-8-14/h2-10,17H,11-13H2,1H3,(H,25,29)(H,26,27)/t17-/m0/s1. The molecule has 0 aliphatic carbocycles. The van der Waals surface area contributed by atoms with Gasteiger partial charge in [0.25, 0.3) is 0 Å². The van der Waals surface area contributed by atoms with Crippen molar-refractivity contribution in [1.82, 2.24) is 10.6 Å². The van der Waals surface area contributed by atoms with Gasteiger partial charge in [-0.05, 0) is 17.2 Å². The Kier molecular flexibility index (Phi) is 8.42. The summed E-state index contributed by atoms with van der Waals surface area (Å²) >= 11 is 0. The van der Waals surface area contributed by atoms with Gasteiger partial charge in [-0.1, -0.05) is 48.5 Å². The molecule has 0 radical (unpaired) electrons. The molecule has 0 aliphatic heterocycles. The SMILES string of the molecule is COC(=O)[C@H](Cc1ccccc1C(F)(F)F)NC(=O)CNC(=O)OCc1ccccc1. The van der Waals surface area contributed by atoms with E-state index in [0.29, 0.717) is 0 Å². The molecule has 1 atom stereocenters. The first kappa shape index (κ1) is 23.7. The minimum absolute atomic E-state index is 0.00664. The Morgan fingerprint density at radius 1 is 1.00 bits per heavy atom. The molecule has 0 heterocycles. The zero-order valence-corrected chi connectivity index (χ0v) is 16.6. The number of ether oxygens (including phenoxy) is 2. The van der Waals surface area contributed by atoms with Crippen molar-refractivity contribution in [1.29, 1.82) is 0 Å².